The molecule has 0 saturated carbocycles. The quantitative estimate of drug-likeness (QED) is 0.356. The van der Waals surface area contributed by atoms with Crippen LogP contribution < -0.4 is 0 Å². The molecule has 0 atom stereocenters. The first kappa shape index (κ1) is 17.5. The fourth-order valence-electron chi connectivity index (χ4n) is 0. The maximum absolute atomic E-state index is 8.06. The van der Waals surface area contributed by atoms with Gasteiger partial charge < -0.3 is 0 Å². The second kappa shape index (κ2) is 23.2. The Bertz CT molecular complexity index is 8.00. The molecule has 0 unspecified atom stereocenters. The van der Waals surface area contributed by atoms with E-state index in [0.717, 1.165) is 0 Å². The standard InChI is InChI=1S/Ga.In.HOP.6H/c;;1-2;;;;;;/h;;2H;;;;;;. The molecular weight excluding hydrogens is 232 g/mol. The summed E-state index contributed by atoms with van der Waals surface area (Å²) in [5, 5.41) is 0. The summed E-state index contributed by atoms with van der Waals surface area (Å²) in [6.07, 6.45) is 0. The fourth-order valence-corrected chi connectivity index (χ4v) is 0. The topological polar surface area (TPSA) is 17.1 Å². The summed E-state index contributed by atoms with van der Waals surface area (Å²) < 4.78 is 8.06. The van der Waals surface area contributed by atoms with E-state index in [-0.39, 0.29) is 45.6 Å². The van der Waals surface area contributed by atoms with E-state index < -0.39 is 0 Å². The van der Waals surface area contributed by atoms with E-state index in [9.17, 15) is 0 Å². The van der Waals surface area contributed by atoms with Gasteiger partial charge in [-0.3, -0.25) is 4.57 Å². The molecule has 4 heavy (non-hydrogen) atoms. The van der Waals surface area contributed by atoms with Gasteiger partial charge in [0, 0.05) is 0 Å². The molecule has 0 N–H and O–H groups in total. The van der Waals surface area contributed by atoms with E-state index in [1.54, 1.807) is 9.12 Å². The third-order valence-electron chi connectivity index (χ3n) is 0. The van der Waals surface area contributed by atoms with Crippen LogP contribution in [0.4, 0.5) is 0 Å². The zero-order valence-electron chi connectivity index (χ0n) is 0.908. The Morgan fingerprint density at radius 1 is 1.25 bits per heavy atom. The molecule has 0 amide bonds. The summed E-state index contributed by atoms with van der Waals surface area (Å²) in [7, 11) is 1.72. The molecule has 0 aliphatic carbocycles. The van der Waals surface area contributed by atoms with Crippen LogP contribution in [0.3, 0.4) is 0 Å². The summed E-state index contributed by atoms with van der Waals surface area (Å²) in [6.45, 7) is 0. The van der Waals surface area contributed by atoms with Gasteiger partial charge in [0.15, 0.2) is 0 Å². The van der Waals surface area contributed by atoms with Crippen molar-refractivity contribution >= 4 is 54.8 Å². The molecule has 0 heterocycles. The van der Waals surface area contributed by atoms with Gasteiger partial charge >= 0.3 is 45.6 Å². The summed E-state index contributed by atoms with van der Waals surface area (Å²) in [4.78, 5) is 0. The number of hydrogen-bond acceptors (Lipinski definition) is 1. The maximum atomic E-state index is 8.06. The Labute approximate surface area is 59.0 Å². The van der Waals surface area contributed by atoms with Gasteiger partial charge in [-0.2, -0.15) is 0 Å². The molecule has 1 nitrogen and oxygen atoms in total. The van der Waals surface area contributed by atoms with Crippen molar-refractivity contribution in [2.75, 3.05) is 0 Å². The Hall–Kier alpha value is 1.61. The van der Waals surface area contributed by atoms with Crippen LogP contribution in [0.25, 0.3) is 0 Å². The van der Waals surface area contributed by atoms with E-state index in [1.165, 1.54) is 0 Å². The normalized spacial score (nSPS) is 1.00. The molecule has 0 aromatic heterocycles. The molecule has 0 aromatic carbocycles. The Balaban J connectivity index is -0.00000000500. The Kier molecular flexibility index (Phi) is 102. The van der Waals surface area contributed by atoms with Crippen molar-refractivity contribution in [3.63, 3.8) is 0 Å². The zero-order valence-corrected chi connectivity index (χ0v) is 1.91. The zero-order chi connectivity index (χ0) is 2.00. The first-order valence-electron chi connectivity index (χ1n) is 0.204. The van der Waals surface area contributed by atoms with Crippen LogP contribution in [0.1, 0.15) is 0 Å². The van der Waals surface area contributed by atoms with Crippen molar-refractivity contribution in [2.45, 2.75) is 0 Å². The summed E-state index contributed by atoms with van der Waals surface area (Å²) in [6, 6.07) is 0. The van der Waals surface area contributed by atoms with Crippen LogP contribution in [0.2, 0.25) is 0 Å². The molecule has 0 saturated heterocycles. The van der Waals surface area contributed by atoms with Crippen molar-refractivity contribution in [1.82, 2.24) is 0 Å². The van der Waals surface area contributed by atoms with Crippen LogP contribution in [0, 0.1) is 0 Å². The van der Waals surface area contributed by atoms with Crippen molar-refractivity contribution in [1.29, 1.82) is 0 Å². The molecule has 0 radical (unpaired) electrons. The van der Waals surface area contributed by atoms with Crippen molar-refractivity contribution < 1.29 is 4.57 Å². The molecule has 0 spiro atoms. The second-order valence-electron chi connectivity index (χ2n) is 0. The fraction of sp³-hybridized carbons (Fsp3) is 0. The first-order chi connectivity index (χ1) is 1.00. The molecule has 0 bridgehead atoms. The van der Waals surface area contributed by atoms with E-state index in [1.807, 2.05) is 0 Å². The number of rotatable bonds is 0. The minimum atomic E-state index is 0. The van der Waals surface area contributed by atoms with Crippen LogP contribution in [-0.2, 0) is 4.57 Å². The molecule has 0 aromatic rings. The Morgan fingerprint density at radius 2 is 1.25 bits per heavy atom. The molecule has 4 heteroatoms. The SMILES string of the molecule is O=P.[GaH3].[InH3]. The van der Waals surface area contributed by atoms with Gasteiger partial charge in [-0.15, -0.1) is 0 Å². The monoisotopic (exact) mass is 238 g/mol. The molecule has 0 fully saturated rings. The summed E-state index contributed by atoms with van der Waals surface area (Å²) in [5.74, 6) is 0. The molecule has 0 aliphatic heterocycles. The number of hydrogen-bond donors (Lipinski definition) is 0. The van der Waals surface area contributed by atoms with Gasteiger partial charge in [0.1, 0.15) is 9.12 Å². The van der Waals surface area contributed by atoms with Gasteiger partial charge in [0.25, 0.3) is 0 Å². The third-order valence-corrected chi connectivity index (χ3v) is 0. The average molecular weight is 239 g/mol. The summed E-state index contributed by atoms with van der Waals surface area (Å²) in [5.41, 5.74) is 0. The average Bonchev–Trinajstić information content (AvgIpc) is 1.00. The molecule has 24 valence electrons. The van der Waals surface area contributed by atoms with Crippen LogP contribution >= 0.6 is 9.12 Å². The van der Waals surface area contributed by atoms with Gasteiger partial charge in [0.2, 0.25) is 0 Å². The first-order valence-corrected chi connectivity index (χ1v) is 0.612. The van der Waals surface area contributed by atoms with Crippen molar-refractivity contribution in [3.05, 3.63) is 0 Å². The van der Waals surface area contributed by atoms with Gasteiger partial charge in [-0.05, 0) is 0 Å². The molecular formula is H7GaInOP. The van der Waals surface area contributed by atoms with Gasteiger partial charge in [-0.1, -0.05) is 0 Å². The van der Waals surface area contributed by atoms with E-state index in [2.05, 4.69) is 0 Å². The predicted molar refractivity (Wildman–Crippen MR) is 28.9 cm³/mol. The minimum absolute atomic E-state index is 0. The molecule has 0 aliphatic rings. The van der Waals surface area contributed by atoms with E-state index >= 15 is 0 Å². The molecule has 0 rings (SSSR count). The van der Waals surface area contributed by atoms with Crippen molar-refractivity contribution in [2.24, 2.45) is 0 Å². The Morgan fingerprint density at radius 3 is 1.25 bits per heavy atom. The van der Waals surface area contributed by atoms with Gasteiger partial charge in [0.05, 0.1) is 0 Å². The van der Waals surface area contributed by atoms with Gasteiger partial charge in [-0.25, -0.2) is 0 Å². The van der Waals surface area contributed by atoms with Crippen LogP contribution in [0.5, 0.6) is 0 Å². The second-order valence-corrected chi connectivity index (χ2v) is 0. The van der Waals surface area contributed by atoms with Crippen molar-refractivity contribution in [3.8, 4) is 0 Å². The third kappa shape index (κ3) is 9.49. The van der Waals surface area contributed by atoms with Crippen LogP contribution in [-0.4, -0.2) is 45.6 Å². The van der Waals surface area contributed by atoms with E-state index in [0.29, 0.717) is 0 Å². The van der Waals surface area contributed by atoms with Crippen LogP contribution in [0.15, 0.2) is 0 Å². The predicted octanol–water partition coefficient (Wildman–Crippen LogP) is -1.89. The van der Waals surface area contributed by atoms with E-state index in [4.69, 9.17) is 4.57 Å². The summed E-state index contributed by atoms with van der Waals surface area (Å²) >= 11 is 0.